The van der Waals surface area contributed by atoms with Crippen LogP contribution in [0.25, 0.3) is 0 Å². The lowest BCUT2D eigenvalue weighted by Crippen LogP contribution is -2.54. The topological polar surface area (TPSA) is 66.0 Å². The molecule has 0 aromatic rings. The molecule has 1 saturated carbocycles. The average molecular weight is 397 g/mol. The maximum Gasteiger partial charge on any atom is 0.243 e. The Labute approximate surface area is 168 Å². The molecule has 0 radical (unpaired) electrons. The number of thioether (sulfide) groups is 1. The molecule has 0 aromatic carbocycles. The van der Waals surface area contributed by atoms with E-state index >= 15 is 0 Å². The number of likely N-dealkylation sites (N-methyl/N-ethyl adjacent to an activating group) is 1. The van der Waals surface area contributed by atoms with Gasteiger partial charge < -0.3 is 20.3 Å². The second-order valence-corrected chi connectivity index (χ2v) is 9.74. The fraction of sp³-hybridized carbons (Fsp3) is 0.900. The summed E-state index contributed by atoms with van der Waals surface area (Å²) in [6, 6.07) is 0.798. The molecule has 3 rings (SSSR count). The van der Waals surface area contributed by atoms with Crippen molar-refractivity contribution in [1.29, 1.82) is 0 Å². The fourth-order valence-corrected chi connectivity index (χ4v) is 5.71. The second-order valence-electron chi connectivity index (χ2n) is 8.63. The predicted molar refractivity (Wildman–Crippen MR) is 112 cm³/mol. The number of carbonyl (C=O) groups excluding carboxylic acids is 1. The van der Waals surface area contributed by atoms with Crippen LogP contribution in [0.2, 0.25) is 0 Å². The van der Waals surface area contributed by atoms with Gasteiger partial charge in [-0.25, -0.2) is 4.99 Å². The number of hydrogen-bond donors (Lipinski definition) is 2. The Morgan fingerprint density at radius 1 is 1.26 bits per heavy atom. The third kappa shape index (κ3) is 5.76. The van der Waals surface area contributed by atoms with Gasteiger partial charge in [0.25, 0.3) is 0 Å². The standard InChI is InChI=1S/C20H36N4O2S/c1-15-6-4-5-7-17(15)23-19(21-13-18(25)24(2)3)22-16-8-10-26-20(12-16)9-11-27-14-20/h15-17H,4-14H2,1-3H3,(H2,21,22,23). The summed E-state index contributed by atoms with van der Waals surface area (Å²) in [5.41, 5.74) is 0.0449. The second kappa shape index (κ2) is 9.50. The molecule has 2 saturated heterocycles. The van der Waals surface area contributed by atoms with Crippen molar-refractivity contribution in [3.63, 3.8) is 0 Å². The van der Waals surface area contributed by atoms with Crippen molar-refractivity contribution in [2.45, 2.75) is 69.6 Å². The molecule has 3 aliphatic rings. The number of hydrogen-bond acceptors (Lipinski definition) is 4. The van der Waals surface area contributed by atoms with Gasteiger partial charge in [-0.2, -0.15) is 11.8 Å². The highest BCUT2D eigenvalue weighted by Gasteiger charge is 2.40. The molecule has 2 aliphatic heterocycles. The highest BCUT2D eigenvalue weighted by atomic mass is 32.2. The van der Waals surface area contributed by atoms with Gasteiger partial charge in [-0.1, -0.05) is 19.8 Å². The lowest BCUT2D eigenvalue weighted by atomic mass is 9.86. The van der Waals surface area contributed by atoms with Crippen molar-refractivity contribution in [3.8, 4) is 0 Å². The molecular formula is C20H36N4O2S. The van der Waals surface area contributed by atoms with Gasteiger partial charge in [-0.15, -0.1) is 0 Å². The lowest BCUT2D eigenvalue weighted by molar-refractivity contribution is -0.127. The zero-order valence-corrected chi connectivity index (χ0v) is 17.9. The summed E-state index contributed by atoms with van der Waals surface area (Å²) in [6.45, 7) is 3.31. The number of aliphatic imine (C=N–C) groups is 1. The number of rotatable bonds is 4. The summed E-state index contributed by atoms with van der Waals surface area (Å²) in [5, 5.41) is 7.30. The van der Waals surface area contributed by atoms with Crippen LogP contribution in [0.4, 0.5) is 0 Å². The number of amides is 1. The molecule has 1 spiro atoms. The summed E-state index contributed by atoms with van der Waals surface area (Å²) < 4.78 is 6.15. The molecular weight excluding hydrogens is 360 g/mol. The quantitative estimate of drug-likeness (QED) is 0.564. The van der Waals surface area contributed by atoms with Gasteiger partial charge in [0, 0.05) is 38.5 Å². The van der Waals surface area contributed by atoms with Crippen LogP contribution >= 0.6 is 11.8 Å². The highest BCUT2D eigenvalue weighted by molar-refractivity contribution is 7.99. The summed E-state index contributed by atoms with van der Waals surface area (Å²) >= 11 is 2.00. The van der Waals surface area contributed by atoms with E-state index in [4.69, 9.17) is 4.74 Å². The van der Waals surface area contributed by atoms with Gasteiger partial charge >= 0.3 is 0 Å². The van der Waals surface area contributed by atoms with Crippen LogP contribution in [0, 0.1) is 5.92 Å². The van der Waals surface area contributed by atoms with E-state index in [0.29, 0.717) is 18.0 Å². The van der Waals surface area contributed by atoms with Crippen LogP contribution in [0.1, 0.15) is 51.9 Å². The zero-order valence-electron chi connectivity index (χ0n) is 17.1. The Morgan fingerprint density at radius 3 is 2.78 bits per heavy atom. The summed E-state index contributed by atoms with van der Waals surface area (Å²) in [5.74, 6) is 3.77. The normalized spacial score (nSPS) is 34.5. The Morgan fingerprint density at radius 2 is 2.07 bits per heavy atom. The highest BCUT2D eigenvalue weighted by Crippen LogP contribution is 2.38. The van der Waals surface area contributed by atoms with Gasteiger partial charge in [0.2, 0.25) is 5.91 Å². The minimum Gasteiger partial charge on any atom is -0.374 e. The average Bonchev–Trinajstić information content (AvgIpc) is 3.08. The fourth-order valence-electron chi connectivity index (χ4n) is 4.33. The third-order valence-electron chi connectivity index (χ3n) is 6.21. The number of ether oxygens (including phenoxy) is 1. The molecule has 0 bridgehead atoms. The molecule has 2 heterocycles. The maximum absolute atomic E-state index is 12.0. The van der Waals surface area contributed by atoms with Crippen molar-refractivity contribution in [3.05, 3.63) is 0 Å². The molecule has 4 atom stereocenters. The summed E-state index contributed by atoms with van der Waals surface area (Å²) in [4.78, 5) is 18.3. The first kappa shape index (κ1) is 20.8. The van der Waals surface area contributed by atoms with Gasteiger partial charge in [-0.05, 0) is 43.8 Å². The Kier molecular flexibility index (Phi) is 7.31. The molecule has 154 valence electrons. The van der Waals surface area contributed by atoms with Crippen molar-refractivity contribution in [2.75, 3.05) is 38.8 Å². The van der Waals surface area contributed by atoms with Crippen LogP contribution in [0.3, 0.4) is 0 Å². The van der Waals surface area contributed by atoms with Crippen molar-refractivity contribution in [1.82, 2.24) is 15.5 Å². The van der Waals surface area contributed by atoms with Gasteiger partial charge in [-0.3, -0.25) is 4.79 Å². The van der Waals surface area contributed by atoms with Gasteiger partial charge in [0.1, 0.15) is 6.54 Å². The van der Waals surface area contributed by atoms with E-state index in [1.54, 1.807) is 19.0 Å². The predicted octanol–water partition coefficient (Wildman–Crippen LogP) is 2.24. The molecule has 4 unspecified atom stereocenters. The molecule has 7 heteroatoms. The van der Waals surface area contributed by atoms with E-state index in [2.05, 4.69) is 22.5 Å². The van der Waals surface area contributed by atoms with Crippen LogP contribution in [0.5, 0.6) is 0 Å². The number of carbonyl (C=O) groups is 1. The monoisotopic (exact) mass is 396 g/mol. The maximum atomic E-state index is 12.0. The SMILES string of the molecule is CC1CCCCC1NC(=NCC(=O)N(C)C)NC1CCOC2(CCSC2)C1. The molecule has 2 N–H and O–H groups in total. The smallest absolute Gasteiger partial charge is 0.243 e. The van der Waals surface area contributed by atoms with E-state index in [-0.39, 0.29) is 18.1 Å². The van der Waals surface area contributed by atoms with Crippen molar-refractivity contribution < 1.29 is 9.53 Å². The van der Waals surface area contributed by atoms with Crippen LogP contribution < -0.4 is 10.6 Å². The molecule has 0 aromatic heterocycles. The summed E-state index contributed by atoms with van der Waals surface area (Å²) in [6.07, 6.45) is 8.20. The van der Waals surface area contributed by atoms with E-state index in [9.17, 15) is 4.79 Å². The van der Waals surface area contributed by atoms with E-state index < -0.39 is 0 Å². The molecule has 6 nitrogen and oxygen atoms in total. The van der Waals surface area contributed by atoms with Crippen molar-refractivity contribution >= 4 is 23.6 Å². The van der Waals surface area contributed by atoms with Gasteiger partial charge in [0.05, 0.1) is 5.60 Å². The van der Waals surface area contributed by atoms with E-state index in [1.165, 1.54) is 31.4 Å². The Bertz CT molecular complexity index is 534. The first-order chi connectivity index (χ1) is 13.0. The van der Waals surface area contributed by atoms with Crippen LogP contribution in [0.15, 0.2) is 4.99 Å². The number of nitrogens with one attached hydrogen (secondary N) is 2. The third-order valence-corrected chi connectivity index (χ3v) is 7.43. The van der Waals surface area contributed by atoms with Crippen LogP contribution in [-0.2, 0) is 9.53 Å². The molecule has 1 aliphatic carbocycles. The molecule has 1 amide bonds. The lowest BCUT2D eigenvalue weighted by Gasteiger charge is -2.39. The first-order valence-corrected chi connectivity index (χ1v) is 11.6. The van der Waals surface area contributed by atoms with Crippen LogP contribution in [-0.4, -0.2) is 73.2 Å². The minimum atomic E-state index is 0.0310. The zero-order chi connectivity index (χ0) is 19.3. The summed E-state index contributed by atoms with van der Waals surface area (Å²) in [7, 11) is 3.56. The molecule has 27 heavy (non-hydrogen) atoms. The minimum absolute atomic E-state index is 0.0310. The Hall–Kier alpha value is -0.950. The van der Waals surface area contributed by atoms with Crippen molar-refractivity contribution in [2.24, 2.45) is 10.9 Å². The first-order valence-electron chi connectivity index (χ1n) is 10.5. The van der Waals surface area contributed by atoms with Gasteiger partial charge in [0.15, 0.2) is 5.96 Å². The molecule has 3 fully saturated rings. The van der Waals surface area contributed by atoms with E-state index in [1.807, 2.05) is 11.8 Å². The van der Waals surface area contributed by atoms with E-state index in [0.717, 1.165) is 37.6 Å². The Balaban J connectivity index is 1.64. The number of guanidine groups is 1. The largest absolute Gasteiger partial charge is 0.374 e. The number of nitrogens with zero attached hydrogens (tertiary/aromatic N) is 2.